The van der Waals surface area contributed by atoms with Gasteiger partial charge in [-0.1, -0.05) is 13.8 Å². The van der Waals surface area contributed by atoms with Gasteiger partial charge >= 0.3 is 0 Å². The van der Waals surface area contributed by atoms with Gasteiger partial charge in [-0.15, -0.1) is 0 Å². The van der Waals surface area contributed by atoms with Gasteiger partial charge < -0.3 is 4.74 Å². The van der Waals surface area contributed by atoms with E-state index in [4.69, 9.17) is 10.00 Å². The van der Waals surface area contributed by atoms with Crippen molar-refractivity contribution in [3.8, 4) is 17.5 Å². The summed E-state index contributed by atoms with van der Waals surface area (Å²) in [7, 11) is 0. The van der Waals surface area contributed by atoms with Gasteiger partial charge in [0, 0.05) is 5.69 Å². The summed E-state index contributed by atoms with van der Waals surface area (Å²) in [5.74, 6) is -0.240. The van der Waals surface area contributed by atoms with E-state index in [9.17, 15) is 4.39 Å². The Balaban J connectivity index is 2.71. The average molecular weight is 301 g/mol. The highest BCUT2D eigenvalue weighted by Gasteiger charge is 2.21. The highest BCUT2D eigenvalue weighted by Crippen LogP contribution is 2.32. The van der Waals surface area contributed by atoms with Crippen molar-refractivity contribution in [2.45, 2.75) is 40.5 Å². The second kappa shape index (κ2) is 6.18. The molecule has 0 fully saturated rings. The second-order valence-corrected chi connectivity index (χ2v) is 5.47. The molecule has 116 valence electrons. The second-order valence-electron chi connectivity index (χ2n) is 5.47. The van der Waals surface area contributed by atoms with Crippen molar-refractivity contribution in [3.05, 3.63) is 40.5 Å². The quantitative estimate of drug-likeness (QED) is 0.857. The standard InChI is InChI=1S/C17H20FN3O/c1-6-22-17-14(8-7-13(9-19)16(17)18)21-12(5)15(10(2)3)11(4)20-21/h7-8,10H,6H2,1-5H3. The first kappa shape index (κ1) is 16.0. The molecule has 0 aliphatic carbocycles. The van der Waals surface area contributed by atoms with Crippen molar-refractivity contribution < 1.29 is 9.13 Å². The number of hydrogen-bond acceptors (Lipinski definition) is 3. The minimum absolute atomic E-state index is 0.0298. The zero-order valence-electron chi connectivity index (χ0n) is 13.6. The van der Waals surface area contributed by atoms with E-state index >= 15 is 0 Å². The zero-order valence-corrected chi connectivity index (χ0v) is 13.6. The third-order valence-corrected chi connectivity index (χ3v) is 3.64. The summed E-state index contributed by atoms with van der Waals surface area (Å²) in [5.41, 5.74) is 3.51. The molecule has 0 saturated heterocycles. The smallest absolute Gasteiger partial charge is 0.185 e. The molecule has 1 aromatic carbocycles. The predicted octanol–water partition coefficient (Wildman–Crippen LogP) is 4.02. The van der Waals surface area contributed by atoms with Crippen LogP contribution in [0.5, 0.6) is 5.75 Å². The first-order valence-corrected chi connectivity index (χ1v) is 7.34. The summed E-state index contributed by atoms with van der Waals surface area (Å²) in [6.07, 6.45) is 0. The van der Waals surface area contributed by atoms with Crippen LogP contribution in [0.15, 0.2) is 12.1 Å². The van der Waals surface area contributed by atoms with Crippen LogP contribution in [0.2, 0.25) is 0 Å². The molecule has 0 saturated carbocycles. The van der Waals surface area contributed by atoms with Crippen molar-refractivity contribution in [2.24, 2.45) is 0 Å². The average Bonchev–Trinajstić information content (AvgIpc) is 2.76. The molecule has 0 unspecified atom stereocenters. The minimum Gasteiger partial charge on any atom is -0.489 e. The molecule has 5 heteroatoms. The summed E-state index contributed by atoms with van der Waals surface area (Å²) in [6, 6.07) is 4.97. The monoisotopic (exact) mass is 301 g/mol. The van der Waals surface area contributed by atoms with Crippen molar-refractivity contribution in [1.82, 2.24) is 9.78 Å². The van der Waals surface area contributed by atoms with E-state index in [0.29, 0.717) is 18.2 Å². The lowest BCUT2D eigenvalue weighted by Crippen LogP contribution is -2.07. The van der Waals surface area contributed by atoms with E-state index in [2.05, 4.69) is 18.9 Å². The number of aryl methyl sites for hydroxylation is 1. The Kier molecular flexibility index (Phi) is 4.51. The number of nitriles is 1. The van der Waals surface area contributed by atoms with Crippen LogP contribution < -0.4 is 4.74 Å². The Bertz CT molecular complexity index is 741. The van der Waals surface area contributed by atoms with E-state index in [1.165, 1.54) is 6.07 Å². The molecular weight excluding hydrogens is 281 g/mol. The predicted molar refractivity (Wildman–Crippen MR) is 83.0 cm³/mol. The number of ether oxygens (including phenoxy) is 1. The van der Waals surface area contributed by atoms with Crippen LogP contribution in [0.25, 0.3) is 5.69 Å². The summed E-state index contributed by atoms with van der Waals surface area (Å²) < 4.78 is 21.6. The van der Waals surface area contributed by atoms with Crippen LogP contribution in [0.1, 0.15) is 49.2 Å². The number of hydrogen-bond donors (Lipinski definition) is 0. The maximum absolute atomic E-state index is 14.4. The lowest BCUT2D eigenvalue weighted by molar-refractivity contribution is 0.319. The van der Waals surface area contributed by atoms with Crippen LogP contribution in [-0.4, -0.2) is 16.4 Å². The molecule has 0 amide bonds. The largest absolute Gasteiger partial charge is 0.489 e. The molecule has 1 heterocycles. The lowest BCUT2D eigenvalue weighted by Gasteiger charge is -2.14. The van der Waals surface area contributed by atoms with Gasteiger partial charge in [0.1, 0.15) is 11.8 Å². The molecule has 0 aliphatic heterocycles. The van der Waals surface area contributed by atoms with E-state index in [0.717, 1.165) is 17.0 Å². The Morgan fingerprint density at radius 3 is 2.55 bits per heavy atom. The van der Waals surface area contributed by atoms with Gasteiger partial charge in [-0.05, 0) is 44.4 Å². The van der Waals surface area contributed by atoms with Gasteiger partial charge in [0.15, 0.2) is 11.6 Å². The fourth-order valence-electron chi connectivity index (χ4n) is 2.81. The molecule has 2 aromatic rings. The molecule has 0 N–H and O–H groups in total. The third kappa shape index (κ3) is 2.57. The number of nitrogens with zero attached hydrogens (tertiary/aromatic N) is 3. The number of rotatable bonds is 4. The summed E-state index contributed by atoms with van der Waals surface area (Å²) >= 11 is 0. The SMILES string of the molecule is CCOc1c(-n2nc(C)c(C(C)C)c2C)ccc(C#N)c1F. The summed E-state index contributed by atoms with van der Waals surface area (Å²) in [5, 5.41) is 13.5. The van der Waals surface area contributed by atoms with Gasteiger partial charge in [-0.2, -0.15) is 10.4 Å². The van der Waals surface area contributed by atoms with Crippen LogP contribution in [0.4, 0.5) is 4.39 Å². The number of aromatic nitrogens is 2. The summed E-state index contributed by atoms with van der Waals surface area (Å²) in [6.45, 7) is 10.2. The molecule has 0 radical (unpaired) electrons. The molecule has 0 aliphatic rings. The molecule has 0 spiro atoms. The lowest BCUT2D eigenvalue weighted by atomic mass is 10.0. The highest BCUT2D eigenvalue weighted by molar-refractivity contribution is 5.54. The molecular formula is C17H20FN3O. The van der Waals surface area contributed by atoms with Gasteiger partial charge in [-0.25, -0.2) is 9.07 Å². The maximum atomic E-state index is 14.4. The van der Waals surface area contributed by atoms with Crippen LogP contribution >= 0.6 is 0 Å². The van der Waals surface area contributed by atoms with Crippen molar-refractivity contribution >= 4 is 0 Å². The van der Waals surface area contributed by atoms with Crippen LogP contribution in [-0.2, 0) is 0 Å². The molecule has 1 aromatic heterocycles. The van der Waals surface area contributed by atoms with Gasteiger partial charge in [0.25, 0.3) is 0 Å². The Morgan fingerprint density at radius 2 is 2.05 bits per heavy atom. The van der Waals surface area contributed by atoms with Crippen molar-refractivity contribution in [2.75, 3.05) is 6.61 Å². The summed E-state index contributed by atoms with van der Waals surface area (Å²) in [4.78, 5) is 0. The molecule has 0 bridgehead atoms. The fraction of sp³-hybridized carbons (Fsp3) is 0.412. The molecule has 4 nitrogen and oxygen atoms in total. The Labute approximate surface area is 130 Å². The van der Waals surface area contributed by atoms with Gasteiger partial charge in [0.2, 0.25) is 0 Å². The number of halogens is 1. The van der Waals surface area contributed by atoms with Crippen LogP contribution in [0.3, 0.4) is 0 Å². The maximum Gasteiger partial charge on any atom is 0.185 e. The van der Waals surface area contributed by atoms with E-state index in [-0.39, 0.29) is 11.3 Å². The topological polar surface area (TPSA) is 50.8 Å². The number of benzene rings is 1. The van der Waals surface area contributed by atoms with Crippen molar-refractivity contribution in [3.63, 3.8) is 0 Å². The normalized spacial score (nSPS) is 10.8. The third-order valence-electron chi connectivity index (χ3n) is 3.64. The minimum atomic E-state index is -0.638. The molecule has 22 heavy (non-hydrogen) atoms. The van der Waals surface area contributed by atoms with Gasteiger partial charge in [-0.3, -0.25) is 0 Å². The molecule has 2 rings (SSSR count). The fourth-order valence-corrected chi connectivity index (χ4v) is 2.81. The Morgan fingerprint density at radius 1 is 1.36 bits per heavy atom. The van der Waals surface area contributed by atoms with E-state index in [1.54, 1.807) is 17.7 Å². The van der Waals surface area contributed by atoms with Crippen molar-refractivity contribution in [1.29, 1.82) is 5.26 Å². The van der Waals surface area contributed by atoms with Crippen LogP contribution in [0, 0.1) is 31.0 Å². The molecule has 0 atom stereocenters. The Hall–Kier alpha value is -2.35. The van der Waals surface area contributed by atoms with E-state index < -0.39 is 5.82 Å². The highest BCUT2D eigenvalue weighted by atomic mass is 19.1. The first-order valence-electron chi connectivity index (χ1n) is 7.34. The first-order chi connectivity index (χ1) is 10.4. The van der Waals surface area contributed by atoms with E-state index in [1.807, 2.05) is 19.9 Å². The zero-order chi connectivity index (χ0) is 16.4. The van der Waals surface area contributed by atoms with Gasteiger partial charge in [0.05, 0.1) is 17.9 Å².